The normalized spacial score (nSPS) is 14.5. The van der Waals surface area contributed by atoms with Crippen molar-refractivity contribution in [2.75, 3.05) is 6.67 Å². The van der Waals surface area contributed by atoms with Crippen molar-refractivity contribution in [1.29, 1.82) is 0 Å². The van der Waals surface area contributed by atoms with Crippen LogP contribution in [0.25, 0.3) is 0 Å². The third-order valence-electron chi connectivity index (χ3n) is 2.88. The highest BCUT2D eigenvalue weighted by atomic mass is 15.2. The summed E-state index contributed by atoms with van der Waals surface area (Å²) in [6.45, 7) is 4.46. The Morgan fingerprint density at radius 1 is 1.37 bits per heavy atom. The van der Waals surface area contributed by atoms with Crippen molar-refractivity contribution in [3.8, 4) is 0 Å². The first-order chi connectivity index (χ1) is 9.40. The van der Waals surface area contributed by atoms with Crippen molar-refractivity contribution in [3.63, 3.8) is 0 Å². The number of benzene rings is 1. The van der Waals surface area contributed by atoms with Crippen LogP contribution < -0.4 is 10.6 Å². The fourth-order valence-corrected chi connectivity index (χ4v) is 1.91. The van der Waals surface area contributed by atoms with Gasteiger partial charge in [0.1, 0.15) is 0 Å². The van der Waals surface area contributed by atoms with E-state index in [0.717, 1.165) is 13.2 Å². The van der Waals surface area contributed by atoms with Crippen molar-refractivity contribution >= 4 is 6.34 Å². The summed E-state index contributed by atoms with van der Waals surface area (Å²) in [4.78, 5) is 6.61. The standard InChI is InChI=1S/C15H20N4/c1-2-7-16-12-18-10-14-5-3-4-6-15(14)11-19-9-8-17-13-19/h2-9,12,17H,10-11,13H2,1H3,(H,16,18)/b7-2-. The number of rotatable bonds is 6. The van der Waals surface area contributed by atoms with E-state index >= 15 is 0 Å². The van der Waals surface area contributed by atoms with Gasteiger partial charge >= 0.3 is 0 Å². The summed E-state index contributed by atoms with van der Waals surface area (Å²) >= 11 is 0. The van der Waals surface area contributed by atoms with Crippen molar-refractivity contribution < 1.29 is 0 Å². The molecule has 0 radical (unpaired) electrons. The first-order valence-electron chi connectivity index (χ1n) is 6.46. The first-order valence-corrected chi connectivity index (χ1v) is 6.46. The van der Waals surface area contributed by atoms with Gasteiger partial charge in [-0.3, -0.25) is 4.99 Å². The third-order valence-corrected chi connectivity index (χ3v) is 2.88. The molecule has 0 aliphatic carbocycles. The van der Waals surface area contributed by atoms with Gasteiger partial charge in [-0.2, -0.15) is 0 Å². The first kappa shape index (κ1) is 13.2. The van der Waals surface area contributed by atoms with Gasteiger partial charge < -0.3 is 15.5 Å². The van der Waals surface area contributed by atoms with Crippen LogP contribution in [0, 0.1) is 0 Å². The number of aliphatic imine (C=N–C) groups is 1. The van der Waals surface area contributed by atoms with Crippen LogP contribution in [0.2, 0.25) is 0 Å². The molecule has 19 heavy (non-hydrogen) atoms. The maximum absolute atomic E-state index is 4.37. The second-order valence-corrected chi connectivity index (χ2v) is 4.33. The van der Waals surface area contributed by atoms with E-state index in [1.165, 1.54) is 11.1 Å². The Hall–Kier alpha value is -2.23. The highest BCUT2D eigenvalue weighted by molar-refractivity contribution is 5.55. The molecule has 0 atom stereocenters. The lowest BCUT2D eigenvalue weighted by molar-refractivity contribution is 0.383. The average molecular weight is 256 g/mol. The van der Waals surface area contributed by atoms with Crippen LogP contribution in [0.4, 0.5) is 0 Å². The van der Waals surface area contributed by atoms with Gasteiger partial charge in [0, 0.05) is 18.9 Å². The molecule has 0 unspecified atom stereocenters. The van der Waals surface area contributed by atoms with E-state index in [1.54, 1.807) is 6.34 Å². The Balaban J connectivity index is 1.95. The molecule has 1 aliphatic rings. The molecule has 1 aromatic rings. The van der Waals surface area contributed by atoms with Gasteiger partial charge in [0.05, 0.1) is 19.6 Å². The molecule has 1 aromatic carbocycles. The van der Waals surface area contributed by atoms with E-state index in [-0.39, 0.29) is 0 Å². The summed E-state index contributed by atoms with van der Waals surface area (Å²) < 4.78 is 0. The zero-order valence-corrected chi connectivity index (χ0v) is 11.2. The Morgan fingerprint density at radius 3 is 2.95 bits per heavy atom. The topological polar surface area (TPSA) is 39.7 Å². The Labute approximate surface area is 114 Å². The number of hydrogen-bond acceptors (Lipinski definition) is 3. The fourth-order valence-electron chi connectivity index (χ4n) is 1.91. The second-order valence-electron chi connectivity index (χ2n) is 4.33. The molecule has 0 saturated heterocycles. The maximum Gasteiger partial charge on any atom is 0.0870 e. The quantitative estimate of drug-likeness (QED) is 0.605. The summed E-state index contributed by atoms with van der Waals surface area (Å²) in [5, 5.41) is 6.17. The minimum Gasteiger partial charge on any atom is -0.373 e. The Bertz CT molecular complexity index is 477. The van der Waals surface area contributed by atoms with E-state index in [4.69, 9.17) is 0 Å². The molecule has 0 amide bonds. The van der Waals surface area contributed by atoms with Crippen LogP contribution in [0.5, 0.6) is 0 Å². The van der Waals surface area contributed by atoms with Crippen molar-refractivity contribution in [2.24, 2.45) is 4.99 Å². The molecule has 1 aliphatic heterocycles. The number of allylic oxidation sites excluding steroid dienone is 1. The molecule has 2 N–H and O–H groups in total. The lowest BCUT2D eigenvalue weighted by Crippen LogP contribution is -2.20. The van der Waals surface area contributed by atoms with Crippen molar-refractivity contribution in [3.05, 3.63) is 60.1 Å². The molecular formula is C15H20N4. The van der Waals surface area contributed by atoms with Crippen molar-refractivity contribution in [2.45, 2.75) is 20.0 Å². The molecule has 0 bridgehead atoms. The van der Waals surface area contributed by atoms with Crippen molar-refractivity contribution in [1.82, 2.24) is 15.5 Å². The van der Waals surface area contributed by atoms with Crippen LogP contribution in [-0.2, 0) is 13.1 Å². The largest absolute Gasteiger partial charge is 0.373 e. The monoisotopic (exact) mass is 256 g/mol. The Kier molecular flexibility index (Phi) is 5.05. The average Bonchev–Trinajstić information content (AvgIpc) is 2.93. The zero-order valence-electron chi connectivity index (χ0n) is 11.2. The van der Waals surface area contributed by atoms with Crippen LogP contribution in [0.15, 0.2) is 53.9 Å². The number of nitrogens with one attached hydrogen (secondary N) is 2. The molecular weight excluding hydrogens is 236 g/mol. The van der Waals surface area contributed by atoms with Gasteiger partial charge in [0.25, 0.3) is 0 Å². The molecule has 0 aromatic heterocycles. The summed E-state index contributed by atoms with van der Waals surface area (Å²) in [6.07, 6.45) is 9.58. The zero-order chi connectivity index (χ0) is 13.3. The predicted octanol–water partition coefficient (Wildman–Crippen LogP) is 2.17. The third kappa shape index (κ3) is 4.17. The molecule has 0 spiro atoms. The smallest absolute Gasteiger partial charge is 0.0870 e. The highest BCUT2D eigenvalue weighted by Crippen LogP contribution is 2.13. The molecule has 0 saturated carbocycles. The summed E-state index contributed by atoms with van der Waals surface area (Å²) in [6, 6.07) is 8.44. The van der Waals surface area contributed by atoms with Gasteiger partial charge in [0.2, 0.25) is 0 Å². The van der Waals surface area contributed by atoms with Gasteiger partial charge in [-0.1, -0.05) is 30.3 Å². The maximum atomic E-state index is 4.37. The van der Waals surface area contributed by atoms with E-state index in [0.29, 0.717) is 6.54 Å². The van der Waals surface area contributed by atoms with E-state index in [2.05, 4.69) is 51.0 Å². The summed E-state index contributed by atoms with van der Waals surface area (Å²) in [7, 11) is 0. The lowest BCUT2D eigenvalue weighted by atomic mass is 10.1. The Morgan fingerprint density at radius 2 is 2.21 bits per heavy atom. The van der Waals surface area contributed by atoms with Crippen LogP contribution >= 0.6 is 0 Å². The SMILES string of the molecule is C/C=C\N/C=N/Cc1ccccc1CN1C=CNC1. The highest BCUT2D eigenvalue weighted by Gasteiger charge is 2.07. The molecule has 0 fully saturated rings. The second kappa shape index (κ2) is 7.26. The van der Waals surface area contributed by atoms with Gasteiger partial charge in [-0.05, 0) is 24.3 Å². The van der Waals surface area contributed by atoms with Gasteiger partial charge in [-0.25, -0.2) is 0 Å². The number of hydrogen-bond donors (Lipinski definition) is 2. The molecule has 2 rings (SSSR count). The molecule has 4 nitrogen and oxygen atoms in total. The van der Waals surface area contributed by atoms with E-state index < -0.39 is 0 Å². The lowest BCUT2D eigenvalue weighted by Gasteiger charge is -2.16. The molecule has 4 heteroatoms. The fraction of sp³-hybridized carbons (Fsp3) is 0.267. The summed E-state index contributed by atoms with van der Waals surface area (Å²) in [5.74, 6) is 0. The summed E-state index contributed by atoms with van der Waals surface area (Å²) in [5.41, 5.74) is 2.58. The van der Waals surface area contributed by atoms with Gasteiger partial charge in [-0.15, -0.1) is 0 Å². The molecule has 1 heterocycles. The number of nitrogens with zero attached hydrogens (tertiary/aromatic N) is 2. The minimum absolute atomic E-state index is 0.700. The van der Waals surface area contributed by atoms with E-state index in [1.807, 2.05) is 25.4 Å². The van der Waals surface area contributed by atoms with E-state index in [9.17, 15) is 0 Å². The van der Waals surface area contributed by atoms with Crippen LogP contribution in [0.1, 0.15) is 18.1 Å². The molecule has 100 valence electrons. The van der Waals surface area contributed by atoms with Crippen LogP contribution in [0.3, 0.4) is 0 Å². The van der Waals surface area contributed by atoms with Gasteiger partial charge in [0.15, 0.2) is 0 Å². The predicted molar refractivity (Wildman–Crippen MR) is 79.3 cm³/mol. The minimum atomic E-state index is 0.700. The van der Waals surface area contributed by atoms with Crippen LogP contribution in [-0.4, -0.2) is 17.9 Å².